The molecule has 1 aliphatic carbocycles. The summed E-state index contributed by atoms with van der Waals surface area (Å²) in [5.74, 6) is 0.825. The number of hydrogen-bond acceptors (Lipinski definition) is 2. The minimum Gasteiger partial charge on any atom is -0.398 e. The number of benzene rings is 1. The lowest BCUT2D eigenvalue weighted by molar-refractivity contribution is 0.0948. The van der Waals surface area contributed by atoms with Crippen molar-refractivity contribution in [3.8, 4) is 0 Å². The molecule has 1 amide bonds. The summed E-state index contributed by atoms with van der Waals surface area (Å²) in [5, 5.41) is 2.97. The molecule has 0 unspecified atom stereocenters. The first-order chi connectivity index (χ1) is 8.18. The number of carbonyl (C=O) groups is 1. The number of nitrogen functional groups attached to an aromatic ring is 1. The molecule has 1 saturated carbocycles. The second-order valence-corrected chi connectivity index (χ2v) is 4.86. The first kappa shape index (κ1) is 12.0. The van der Waals surface area contributed by atoms with E-state index < -0.39 is 0 Å². The highest BCUT2D eigenvalue weighted by molar-refractivity contribution is 5.96. The summed E-state index contributed by atoms with van der Waals surface area (Å²) in [6, 6.07) is 5.47. The molecule has 0 atom stereocenters. The van der Waals surface area contributed by atoms with Crippen LogP contribution in [0.4, 0.5) is 5.69 Å². The quantitative estimate of drug-likeness (QED) is 0.784. The molecule has 0 bridgehead atoms. The van der Waals surface area contributed by atoms with E-state index >= 15 is 0 Å². The van der Waals surface area contributed by atoms with E-state index in [4.69, 9.17) is 5.73 Å². The van der Waals surface area contributed by atoms with Crippen molar-refractivity contribution < 1.29 is 4.79 Å². The minimum absolute atomic E-state index is 0.00544. The number of amides is 1. The van der Waals surface area contributed by atoms with Gasteiger partial charge in [0.25, 0.3) is 5.91 Å². The smallest absolute Gasteiger partial charge is 0.251 e. The third-order valence-corrected chi connectivity index (χ3v) is 3.68. The van der Waals surface area contributed by atoms with E-state index in [1.165, 1.54) is 19.3 Å². The molecule has 17 heavy (non-hydrogen) atoms. The van der Waals surface area contributed by atoms with Crippen LogP contribution in [0.5, 0.6) is 0 Å². The van der Waals surface area contributed by atoms with E-state index in [2.05, 4.69) is 5.32 Å². The number of carbonyl (C=O) groups excluding carboxylic acids is 1. The van der Waals surface area contributed by atoms with Crippen LogP contribution in [0.15, 0.2) is 18.2 Å². The number of nitrogens with two attached hydrogens (primary N) is 1. The Kier molecular flexibility index (Phi) is 3.67. The molecule has 0 saturated heterocycles. The van der Waals surface area contributed by atoms with E-state index in [0.29, 0.717) is 11.3 Å². The van der Waals surface area contributed by atoms with Gasteiger partial charge in [-0.05, 0) is 37.0 Å². The Bertz CT molecular complexity index is 411. The molecular formula is C14H20N2O. The van der Waals surface area contributed by atoms with Crippen LogP contribution in [0.2, 0.25) is 0 Å². The standard InChI is InChI=1S/C14H20N2O/c1-10-12(6-3-7-13(10)15)14(17)16-9-8-11-4-2-5-11/h3,6-7,11H,2,4-5,8-9,15H2,1H3,(H,16,17). The van der Waals surface area contributed by atoms with Gasteiger partial charge < -0.3 is 11.1 Å². The Labute approximate surface area is 102 Å². The Morgan fingerprint density at radius 3 is 2.88 bits per heavy atom. The highest BCUT2D eigenvalue weighted by Gasteiger charge is 2.17. The van der Waals surface area contributed by atoms with Crippen LogP contribution in [-0.4, -0.2) is 12.5 Å². The van der Waals surface area contributed by atoms with Crippen LogP contribution in [0.1, 0.15) is 41.6 Å². The summed E-state index contributed by atoms with van der Waals surface area (Å²) in [4.78, 5) is 11.9. The third kappa shape index (κ3) is 2.78. The molecule has 0 radical (unpaired) electrons. The van der Waals surface area contributed by atoms with Gasteiger partial charge in [-0.15, -0.1) is 0 Å². The van der Waals surface area contributed by atoms with E-state index in [9.17, 15) is 4.79 Å². The topological polar surface area (TPSA) is 55.1 Å². The van der Waals surface area contributed by atoms with Gasteiger partial charge in [-0.1, -0.05) is 25.3 Å². The maximum absolute atomic E-state index is 11.9. The molecule has 0 aliphatic heterocycles. The van der Waals surface area contributed by atoms with Gasteiger partial charge >= 0.3 is 0 Å². The van der Waals surface area contributed by atoms with Crippen LogP contribution >= 0.6 is 0 Å². The average Bonchev–Trinajstić information content (AvgIpc) is 2.25. The fourth-order valence-corrected chi connectivity index (χ4v) is 2.17. The van der Waals surface area contributed by atoms with Crippen LogP contribution in [-0.2, 0) is 0 Å². The van der Waals surface area contributed by atoms with Gasteiger partial charge in [0, 0.05) is 17.8 Å². The third-order valence-electron chi connectivity index (χ3n) is 3.68. The number of rotatable bonds is 4. The zero-order valence-electron chi connectivity index (χ0n) is 10.3. The lowest BCUT2D eigenvalue weighted by atomic mass is 9.83. The van der Waals surface area contributed by atoms with Crippen LogP contribution in [0.3, 0.4) is 0 Å². The largest absolute Gasteiger partial charge is 0.398 e. The normalized spacial score (nSPS) is 15.4. The zero-order chi connectivity index (χ0) is 12.3. The highest BCUT2D eigenvalue weighted by atomic mass is 16.1. The van der Waals surface area contributed by atoms with E-state index in [1.807, 2.05) is 25.1 Å². The zero-order valence-corrected chi connectivity index (χ0v) is 10.3. The predicted octanol–water partition coefficient (Wildman–Crippen LogP) is 2.50. The molecule has 0 heterocycles. The van der Waals surface area contributed by atoms with Crippen molar-refractivity contribution in [2.75, 3.05) is 12.3 Å². The van der Waals surface area contributed by atoms with Crippen LogP contribution in [0, 0.1) is 12.8 Å². The summed E-state index contributed by atoms with van der Waals surface area (Å²) in [6.07, 6.45) is 5.11. The molecule has 1 aromatic carbocycles. The van der Waals surface area contributed by atoms with Gasteiger partial charge in [-0.25, -0.2) is 0 Å². The molecule has 0 aromatic heterocycles. The Hall–Kier alpha value is -1.51. The summed E-state index contributed by atoms with van der Waals surface area (Å²) in [5.41, 5.74) is 8.03. The van der Waals surface area contributed by atoms with Crippen LogP contribution in [0.25, 0.3) is 0 Å². The second kappa shape index (κ2) is 5.21. The van der Waals surface area contributed by atoms with Crippen molar-refractivity contribution in [3.05, 3.63) is 29.3 Å². The molecule has 3 heteroatoms. The summed E-state index contributed by atoms with van der Waals surface area (Å²) in [6.45, 7) is 2.66. The molecule has 1 aromatic rings. The number of nitrogens with one attached hydrogen (secondary N) is 1. The van der Waals surface area contributed by atoms with Gasteiger partial charge in [-0.2, -0.15) is 0 Å². The van der Waals surface area contributed by atoms with Crippen LogP contribution < -0.4 is 11.1 Å². The van der Waals surface area contributed by atoms with Crippen molar-refractivity contribution in [1.29, 1.82) is 0 Å². The van der Waals surface area contributed by atoms with Crippen molar-refractivity contribution in [2.45, 2.75) is 32.6 Å². The van der Waals surface area contributed by atoms with Gasteiger partial charge in [-0.3, -0.25) is 4.79 Å². The van der Waals surface area contributed by atoms with E-state index in [-0.39, 0.29) is 5.91 Å². The molecule has 2 rings (SSSR count). The molecule has 3 N–H and O–H groups in total. The molecule has 0 spiro atoms. The average molecular weight is 232 g/mol. The van der Waals surface area contributed by atoms with Gasteiger partial charge in [0.2, 0.25) is 0 Å². The fraction of sp³-hybridized carbons (Fsp3) is 0.500. The van der Waals surface area contributed by atoms with Crippen molar-refractivity contribution in [1.82, 2.24) is 5.32 Å². The minimum atomic E-state index is -0.00544. The maximum atomic E-state index is 11.9. The Morgan fingerprint density at radius 2 is 2.24 bits per heavy atom. The summed E-state index contributed by atoms with van der Waals surface area (Å²) >= 11 is 0. The molecular weight excluding hydrogens is 212 g/mol. The summed E-state index contributed by atoms with van der Waals surface area (Å²) in [7, 11) is 0. The number of hydrogen-bond donors (Lipinski definition) is 2. The van der Waals surface area contributed by atoms with E-state index in [0.717, 1.165) is 24.4 Å². The lowest BCUT2D eigenvalue weighted by Gasteiger charge is -2.25. The van der Waals surface area contributed by atoms with Crippen molar-refractivity contribution >= 4 is 11.6 Å². The summed E-state index contributed by atoms with van der Waals surface area (Å²) < 4.78 is 0. The second-order valence-electron chi connectivity index (χ2n) is 4.86. The van der Waals surface area contributed by atoms with Crippen molar-refractivity contribution in [2.24, 2.45) is 5.92 Å². The monoisotopic (exact) mass is 232 g/mol. The van der Waals surface area contributed by atoms with Gasteiger partial charge in [0.15, 0.2) is 0 Å². The Morgan fingerprint density at radius 1 is 1.47 bits per heavy atom. The number of anilines is 1. The molecule has 1 fully saturated rings. The highest BCUT2D eigenvalue weighted by Crippen LogP contribution is 2.28. The molecule has 92 valence electrons. The fourth-order valence-electron chi connectivity index (χ4n) is 2.17. The first-order valence-electron chi connectivity index (χ1n) is 6.32. The predicted molar refractivity (Wildman–Crippen MR) is 69.9 cm³/mol. The first-order valence-corrected chi connectivity index (χ1v) is 6.32. The molecule has 3 nitrogen and oxygen atoms in total. The van der Waals surface area contributed by atoms with Gasteiger partial charge in [0.1, 0.15) is 0 Å². The Balaban J connectivity index is 1.87. The van der Waals surface area contributed by atoms with Gasteiger partial charge in [0.05, 0.1) is 0 Å². The SMILES string of the molecule is Cc1c(N)cccc1C(=O)NCCC1CCC1. The maximum Gasteiger partial charge on any atom is 0.251 e. The van der Waals surface area contributed by atoms with Crippen molar-refractivity contribution in [3.63, 3.8) is 0 Å². The van der Waals surface area contributed by atoms with E-state index in [1.54, 1.807) is 0 Å². The molecule has 1 aliphatic rings. The lowest BCUT2D eigenvalue weighted by Crippen LogP contribution is -2.28.